The number of fused-ring (bicyclic) bond motifs is 2. The molecule has 0 aromatic heterocycles. The predicted molar refractivity (Wildman–Crippen MR) is 117 cm³/mol. The SMILES string of the molecule is C[C@@H]1CC(=O)Nc2ccccc2N1C(=O)CSCc1cccc2ccccc12. The van der Waals surface area contributed by atoms with Crippen molar-refractivity contribution < 1.29 is 9.59 Å². The van der Waals surface area contributed by atoms with E-state index in [-0.39, 0.29) is 17.9 Å². The van der Waals surface area contributed by atoms with Gasteiger partial charge in [0.2, 0.25) is 11.8 Å². The van der Waals surface area contributed by atoms with Crippen molar-refractivity contribution in [1.29, 1.82) is 0 Å². The third kappa shape index (κ3) is 3.76. The van der Waals surface area contributed by atoms with Crippen molar-refractivity contribution in [3.63, 3.8) is 0 Å². The van der Waals surface area contributed by atoms with E-state index in [1.165, 1.54) is 16.3 Å². The molecule has 0 saturated carbocycles. The van der Waals surface area contributed by atoms with Crippen molar-refractivity contribution in [3.05, 3.63) is 72.3 Å². The maximum atomic E-state index is 13.1. The summed E-state index contributed by atoms with van der Waals surface area (Å²) in [5.74, 6) is 1.12. The van der Waals surface area contributed by atoms with E-state index in [1.807, 2.05) is 43.3 Å². The van der Waals surface area contributed by atoms with Gasteiger partial charge < -0.3 is 10.2 Å². The maximum absolute atomic E-state index is 13.1. The Morgan fingerprint density at radius 1 is 1.07 bits per heavy atom. The van der Waals surface area contributed by atoms with Crippen LogP contribution in [0.5, 0.6) is 0 Å². The third-order valence-corrected chi connectivity index (χ3v) is 5.96. The molecule has 1 heterocycles. The summed E-state index contributed by atoms with van der Waals surface area (Å²) in [6.45, 7) is 1.93. The summed E-state index contributed by atoms with van der Waals surface area (Å²) in [6.07, 6.45) is 0.300. The molecule has 0 radical (unpaired) electrons. The fourth-order valence-electron chi connectivity index (χ4n) is 3.70. The van der Waals surface area contributed by atoms with Crippen molar-refractivity contribution in [2.75, 3.05) is 16.0 Å². The van der Waals surface area contributed by atoms with Crippen LogP contribution in [0.2, 0.25) is 0 Å². The maximum Gasteiger partial charge on any atom is 0.237 e. The van der Waals surface area contributed by atoms with Crippen LogP contribution >= 0.6 is 11.8 Å². The summed E-state index contributed by atoms with van der Waals surface area (Å²) in [5.41, 5.74) is 2.71. The Kier molecular flexibility index (Phi) is 5.35. The second kappa shape index (κ2) is 8.07. The Balaban J connectivity index is 1.49. The van der Waals surface area contributed by atoms with Gasteiger partial charge in [-0.25, -0.2) is 0 Å². The van der Waals surface area contributed by atoms with Gasteiger partial charge in [-0.3, -0.25) is 9.59 Å². The van der Waals surface area contributed by atoms with E-state index >= 15 is 0 Å². The van der Waals surface area contributed by atoms with Gasteiger partial charge in [0, 0.05) is 18.2 Å². The van der Waals surface area contributed by atoms with E-state index < -0.39 is 0 Å². The lowest BCUT2D eigenvalue weighted by Gasteiger charge is -2.27. The number of nitrogens with zero attached hydrogens (tertiary/aromatic N) is 1. The number of carbonyl (C=O) groups excluding carboxylic acids is 2. The van der Waals surface area contributed by atoms with Gasteiger partial charge in [-0.05, 0) is 35.4 Å². The van der Waals surface area contributed by atoms with E-state index in [2.05, 4.69) is 35.6 Å². The van der Waals surface area contributed by atoms with Gasteiger partial charge in [0.1, 0.15) is 0 Å². The third-order valence-electron chi connectivity index (χ3n) is 4.99. The average molecular weight is 391 g/mol. The van der Waals surface area contributed by atoms with E-state index in [0.29, 0.717) is 17.9 Å². The van der Waals surface area contributed by atoms with E-state index in [0.717, 1.165) is 11.4 Å². The molecule has 0 fully saturated rings. The molecule has 1 aliphatic heterocycles. The lowest BCUT2D eigenvalue weighted by atomic mass is 10.1. The molecule has 0 unspecified atom stereocenters. The first-order valence-electron chi connectivity index (χ1n) is 9.39. The van der Waals surface area contributed by atoms with Gasteiger partial charge in [0.25, 0.3) is 0 Å². The summed E-state index contributed by atoms with van der Waals surface area (Å²) in [6, 6.07) is 21.9. The monoisotopic (exact) mass is 390 g/mol. The Bertz CT molecular complexity index is 1030. The van der Waals surface area contributed by atoms with Gasteiger partial charge >= 0.3 is 0 Å². The van der Waals surface area contributed by atoms with E-state index in [9.17, 15) is 9.59 Å². The van der Waals surface area contributed by atoms with Crippen molar-refractivity contribution in [2.24, 2.45) is 0 Å². The average Bonchev–Trinajstić information content (AvgIpc) is 2.82. The molecule has 142 valence electrons. The summed E-state index contributed by atoms with van der Waals surface area (Å²) < 4.78 is 0. The minimum Gasteiger partial charge on any atom is -0.324 e. The first kappa shape index (κ1) is 18.6. The number of rotatable bonds is 4. The van der Waals surface area contributed by atoms with Crippen molar-refractivity contribution in [3.8, 4) is 0 Å². The molecular weight excluding hydrogens is 368 g/mol. The summed E-state index contributed by atoms with van der Waals surface area (Å²) >= 11 is 1.61. The molecule has 0 bridgehead atoms. The van der Waals surface area contributed by atoms with E-state index in [4.69, 9.17) is 0 Å². The summed E-state index contributed by atoms with van der Waals surface area (Å²) in [7, 11) is 0. The Labute approximate surface area is 168 Å². The highest BCUT2D eigenvalue weighted by molar-refractivity contribution is 7.99. The van der Waals surface area contributed by atoms with Crippen LogP contribution in [-0.4, -0.2) is 23.6 Å². The van der Waals surface area contributed by atoms with Gasteiger partial charge in [0.05, 0.1) is 17.1 Å². The smallest absolute Gasteiger partial charge is 0.237 e. The van der Waals surface area contributed by atoms with Crippen LogP contribution in [0.4, 0.5) is 11.4 Å². The zero-order valence-corrected chi connectivity index (χ0v) is 16.5. The first-order valence-corrected chi connectivity index (χ1v) is 10.5. The van der Waals surface area contributed by atoms with Crippen molar-refractivity contribution in [2.45, 2.75) is 25.1 Å². The first-order chi connectivity index (χ1) is 13.6. The van der Waals surface area contributed by atoms with E-state index in [1.54, 1.807) is 16.7 Å². The van der Waals surface area contributed by atoms with Crippen LogP contribution in [0.1, 0.15) is 18.9 Å². The van der Waals surface area contributed by atoms with Crippen molar-refractivity contribution >= 4 is 45.7 Å². The largest absolute Gasteiger partial charge is 0.324 e. The number of para-hydroxylation sites is 2. The number of nitrogens with one attached hydrogen (secondary N) is 1. The molecule has 1 aliphatic rings. The Morgan fingerprint density at radius 2 is 1.82 bits per heavy atom. The molecule has 4 nitrogen and oxygen atoms in total. The van der Waals surface area contributed by atoms with Crippen LogP contribution in [0.3, 0.4) is 0 Å². The molecule has 5 heteroatoms. The van der Waals surface area contributed by atoms with Crippen molar-refractivity contribution in [1.82, 2.24) is 0 Å². The topological polar surface area (TPSA) is 49.4 Å². The molecule has 0 spiro atoms. The lowest BCUT2D eigenvalue weighted by Crippen LogP contribution is -2.40. The minimum absolute atomic E-state index is 0.0293. The second-order valence-electron chi connectivity index (χ2n) is 7.01. The molecule has 4 rings (SSSR count). The number of benzene rings is 3. The number of amides is 2. The number of hydrogen-bond donors (Lipinski definition) is 1. The summed E-state index contributed by atoms with van der Waals surface area (Å²) in [4.78, 5) is 26.9. The number of thioether (sulfide) groups is 1. The van der Waals surface area contributed by atoms with Gasteiger partial charge in [-0.1, -0.05) is 54.6 Å². The zero-order valence-electron chi connectivity index (χ0n) is 15.7. The fraction of sp³-hybridized carbons (Fsp3) is 0.217. The standard InChI is InChI=1S/C23H22N2O2S/c1-16-13-22(26)24-20-11-4-5-12-21(20)25(16)23(27)15-28-14-18-9-6-8-17-7-2-3-10-19(17)18/h2-12,16H,13-15H2,1H3,(H,24,26)/t16-/m1/s1. The van der Waals surface area contributed by atoms with Gasteiger partial charge in [0.15, 0.2) is 0 Å². The van der Waals surface area contributed by atoms with Gasteiger partial charge in [-0.2, -0.15) is 0 Å². The minimum atomic E-state index is -0.172. The molecule has 3 aromatic carbocycles. The molecular formula is C23H22N2O2S. The second-order valence-corrected chi connectivity index (χ2v) is 8.00. The lowest BCUT2D eigenvalue weighted by molar-refractivity contribution is -0.117. The molecule has 1 atom stereocenters. The fourth-order valence-corrected chi connectivity index (χ4v) is 4.59. The molecule has 3 aromatic rings. The number of hydrogen-bond acceptors (Lipinski definition) is 3. The predicted octanol–water partition coefficient (Wildman–Crippen LogP) is 4.84. The molecule has 1 N–H and O–H groups in total. The number of carbonyl (C=O) groups is 2. The van der Waals surface area contributed by atoms with Crippen LogP contribution in [0, 0.1) is 0 Å². The van der Waals surface area contributed by atoms with Crippen LogP contribution < -0.4 is 10.2 Å². The highest BCUT2D eigenvalue weighted by Crippen LogP contribution is 2.32. The number of anilines is 2. The van der Waals surface area contributed by atoms with Crippen LogP contribution in [-0.2, 0) is 15.3 Å². The van der Waals surface area contributed by atoms with Crippen LogP contribution in [0.25, 0.3) is 10.8 Å². The quantitative estimate of drug-likeness (QED) is 0.694. The molecule has 2 amide bonds. The Morgan fingerprint density at radius 3 is 2.71 bits per heavy atom. The van der Waals surface area contributed by atoms with Gasteiger partial charge in [-0.15, -0.1) is 11.8 Å². The molecule has 0 saturated heterocycles. The molecule has 28 heavy (non-hydrogen) atoms. The zero-order chi connectivity index (χ0) is 19.5. The molecule has 0 aliphatic carbocycles. The Hall–Kier alpha value is -2.79. The highest BCUT2D eigenvalue weighted by Gasteiger charge is 2.29. The highest BCUT2D eigenvalue weighted by atomic mass is 32.2. The van der Waals surface area contributed by atoms with Crippen LogP contribution in [0.15, 0.2) is 66.7 Å². The normalized spacial score (nSPS) is 16.4. The summed E-state index contributed by atoms with van der Waals surface area (Å²) in [5, 5.41) is 5.34.